The highest BCUT2D eigenvalue weighted by molar-refractivity contribution is 7.99. The van der Waals surface area contributed by atoms with E-state index >= 15 is 0 Å². The lowest BCUT2D eigenvalue weighted by Crippen LogP contribution is -2.14. The van der Waals surface area contributed by atoms with Gasteiger partial charge in [-0.3, -0.25) is 14.3 Å². The van der Waals surface area contributed by atoms with Crippen molar-refractivity contribution in [3.63, 3.8) is 0 Å². The van der Waals surface area contributed by atoms with E-state index < -0.39 is 0 Å². The monoisotopic (exact) mass is 435 g/mol. The highest BCUT2D eigenvalue weighted by atomic mass is 35.5. The molecular formula is C22H18ClN5OS. The molecule has 4 aromatic rings. The molecule has 0 radical (unpaired) electrons. The Bertz CT molecular complexity index is 1180. The lowest BCUT2D eigenvalue weighted by Gasteiger charge is -2.11. The zero-order chi connectivity index (χ0) is 20.9. The van der Waals surface area contributed by atoms with Gasteiger partial charge in [0.1, 0.15) is 0 Å². The zero-order valence-corrected chi connectivity index (χ0v) is 17.7. The maximum absolute atomic E-state index is 12.5. The number of hydrogen-bond donors (Lipinski definition) is 1. The molecule has 8 heteroatoms. The number of anilines is 1. The molecule has 0 aliphatic heterocycles. The average molecular weight is 436 g/mol. The number of pyridine rings is 1. The van der Waals surface area contributed by atoms with E-state index in [9.17, 15) is 4.79 Å². The molecule has 0 saturated carbocycles. The standard InChI is InChI=1S/C22H18ClN5OS/c1-15-5-2-8-18(11-15)25-20(29)14-30-22-27-26-21(16-6-4-10-24-13-16)28(22)19-9-3-7-17(23)12-19/h2-13H,14H2,1H3,(H,25,29). The van der Waals surface area contributed by atoms with Gasteiger partial charge in [-0.05, 0) is 55.0 Å². The number of aryl methyl sites for hydroxylation is 1. The van der Waals surface area contributed by atoms with Crippen LogP contribution in [0.3, 0.4) is 0 Å². The highest BCUT2D eigenvalue weighted by Gasteiger charge is 2.17. The molecule has 0 fully saturated rings. The molecule has 150 valence electrons. The first-order chi connectivity index (χ1) is 14.6. The smallest absolute Gasteiger partial charge is 0.234 e. The van der Waals surface area contributed by atoms with Gasteiger partial charge in [-0.1, -0.05) is 41.6 Å². The summed E-state index contributed by atoms with van der Waals surface area (Å²) in [5.74, 6) is 0.709. The van der Waals surface area contributed by atoms with Gasteiger partial charge in [0.25, 0.3) is 0 Å². The van der Waals surface area contributed by atoms with E-state index in [0.717, 1.165) is 22.5 Å². The summed E-state index contributed by atoms with van der Waals surface area (Å²) in [6.07, 6.45) is 3.43. The predicted octanol–water partition coefficient (Wildman–Crippen LogP) is 5.02. The molecular weight excluding hydrogens is 418 g/mol. The summed E-state index contributed by atoms with van der Waals surface area (Å²) < 4.78 is 1.88. The van der Waals surface area contributed by atoms with Crippen molar-refractivity contribution < 1.29 is 4.79 Å². The number of carbonyl (C=O) groups excluding carboxylic acids is 1. The number of nitrogens with zero attached hydrogens (tertiary/aromatic N) is 4. The third-order valence-corrected chi connectivity index (χ3v) is 5.42. The first kappa shape index (κ1) is 20.1. The molecule has 0 unspecified atom stereocenters. The average Bonchev–Trinajstić information content (AvgIpc) is 3.17. The number of carbonyl (C=O) groups is 1. The van der Waals surface area contributed by atoms with Crippen molar-refractivity contribution in [2.45, 2.75) is 12.1 Å². The van der Waals surface area contributed by atoms with Gasteiger partial charge < -0.3 is 5.32 Å². The Morgan fingerprint density at radius 1 is 1.10 bits per heavy atom. The first-order valence-corrected chi connectivity index (χ1v) is 10.6. The minimum Gasteiger partial charge on any atom is -0.325 e. The summed E-state index contributed by atoms with van der Waals surface area (Å²) in [7, 11) is 0. The van der Waals surface area contributed by atoms with Gasteiger partial charge in [0.05, 0.1) is 11.4 Å². The van der Waals surface area contributed by atoms with Gasteiger partial charge in [-0.15, -0.1) is 10.2 Å². The van der Waals surface area contributed by atoms with Crippen LogP contribution in [0.5, 0.6) is 0 Å². The van der Waals surface area contributed by atoms with Gasteiger partial charge in [0, 0.05) is 28.7 Å². The lowest BCUT2D eigenvalue weighted by molar-refractivity contribution is -0.113. The Hall–Kier alpha value is -3.16. The molecule has 0 aliphatic rings. The quantitative estimate of drug-likeness (QED) is 0.430. The Morgan fingerprint density at radius 3 is 2.73 bits per heavy atom. The summed E-state index contributed by atoms with van der Waals surface area (Å²) in [6, 6.07) is 18.9. The number of rotatable bonds is 6. The molecule has 2 heterocycles. The van der Waals surface area contributed by atoms with Gasteiger partial charge in [0.2, 0.25) is 5.91 Å². The second-order valence-electron chi connectivity index (χ2n) is 6.57. The fourth-order valence-electron chi connectivity index (χ4n) is 2.94. The van der Waals surface area contributed by atoms with Crippen molar-refractivity contribution in [2.24, 2.45) is 0 Å². The summed E-state index contributed by atoms with van der Waals surface area (Å²) in [5.41, 5.74) is 3.49. The SMILES string of the molecule is Cc1cccc(NC(=O)CSc2nnc(-c3cccnc3)n2-c2cccc(Cl)c2)c1. The van der Waals surface area contributed by atoms with Crippen LogP contribution in [0.1, 0.15) is 5.56 Å². The minimum absolute atomic E-state index is 0.117. The zero-order valence-electron chi connectivity index (χ0n) is 16.1. The Kier molecular flexibility index (Phi) is 6.11. The molecule has 0 saturated heterocycles. The van der Waals surface area contributed by atoms with E-state index in [1.807, 2.05) is 66.1 Å². The van der Waals surface area contributed by atoms with Crippen LogP contribution in [0.4, 0.5) is 5.69 Å². The highest BCUT2D eigenvalue weighted by Crippen LogP contribution is 2.28. The van der Waals surface area contributed by atoms with Crippen LogP contribution in [0.15, 0.2) is 78.2 Å². The molecule has 0 aliphatic carbocycles. The number of benzene rings is 2. The van der Waals surface area contributed by atoms with E-state index in [2.05, 4.69) is 20.5 Å². The maximum Gasteiger partial charge on any atom is 0.234 e. The fraction of sp³-hybridized carbons (Fsp3) is 0.0909. The number of hydrogen-bond acceptors (Lipinski definition) is 5. The molecule has 4 rings (SSSR count). The van der Waals surface area contributed by atoms with Crippen molar-refractivity contribution >= 4 is 35.0 Å². The first-order valence-electron chi connectivity index (χ1n) is 9.21. The van der Waals surface area contributed by atoms with Gasteiger partial charge >= 0.3 is 0 Å². The number of aromatic nitrogens is 4. The molecule has 1 amide bonds. The van der Waals surface area contributed by atoms with E-state index in [-0.39, 0.29) is 11.7 Å². The van der Waals surface area contributed by atoms with E-state index in [1.165, 1.54) is 11.8 Å². The lowest BCUT2D eigenvalue weighted by atomic mass is 10.2. The van der Waals surface area contributed by atoms with Crippen LogP contribution in [0.2, 0.25) is 5.02 Å². The molecule has 1 N–H and O–H groups in total. The summed E-state index contributed by atoms with van der Waals surface area (Å²) >= 11 is 7.51. The van der Waals surface area contributed by atoms with Gasteiger partial charge in [-0.2, -0.15) is 0 Å². The fourth-order valence-corrected chi connectivity index (χ4v) is 3.88. The summed E-state index contributed by atoms with van der Waals surface area (Å²) in [5, 5.41) is 12.8. The molecule has 0 atom stereocenters. The third kappa shape index (κ3) is 4.69. The Morgan fingerprint density at radius 2 is 1.97 bits per heavy atom. The van der Waals surface area contributed by atoms with E-state index in [1.54, 1.807) is 18.5 Å². The Balaban J connectivity index is 1.60. The number of nitrogens with one attached hydrogen (secondary N) is 1. The summed E-state index contributed by atoms with van der Waals surface area (Å²) in [6.45, 7) is 1.98. The summed E-state index contributed by atoms with van der Waals surface area (Å²) in [4.78, 5) is 16.6. The van der Waals surface area contributed by atoms with Crippen LogP contribution in [-0.4, -0.2) is 31.4 Å². The van der Waals surface area contributed by atoms with Crippen LogP contribution in [0.25, 0.3) is 17.1 Å². The molecule has 2 aromatic carbocycles. The Labute approximate surface area is 183 Å². The van der Waals surface area contributed by atoms with Gasteiger partial charge in [-0.25, -0.2) is 0 Å². The molecule has 2 aromatic heterocycles. The largest absolute Gasteiger partial charge is 0.325 e. The van der Waals surface area contributed by atoms with Gasteiger partial charge in [0.15, 0.2) is 11.0 Å². The second-order valence-corrected chi connectivity index (χ2v) is 7.95. The number of halogens is 1. The maximum atomic E-state index is 12.5. The van der Waals surface area contributed by atoms with Crippen LogP contribution in [0, 0.1) is 6.92 Å². The predicted molar refractivity (Wildman–Crippen MR) is 120 cm³/mol. The van der Waals surface area contributed by atoms with Crippen LogP contribution < -0.4 is 5.32 Å². The molecule has 30 heavy (non-hydrogen) atoms. The van der Waals surface area contributed by atoms with Crippen molar-refractivity contribution in [2.75, 3.05) is 11.1 Å². The van der Waals surface area contributed by atoms with Crippen molar-refractivity contribution in [3.05, 3.63) is 83.6 Å². The third-order valence-electron chi connectivity index (χ3n) is 4.25. The molecule has 6 nitrogen and oxygen atoms in total. The van der Waals surface area contributed by atoms with Crippen molar-refractivity contribution in [1.82, 2.24) is 19.7 Å². The van der Waals surface area contributed by atoms with Crippen LogP contribution >= 0.6 is 23.4 Å². The van der Waals surface area contributed by atoms with Crippen molar-refractivity contribution in [1.29, 1.82) is 0 Å². The molecule has 0 bridgehead atoms. The molecule has 0 spiro atoms. The van der Waals surface area contributed by atoms with E-state index in [4.69, 9.17) is 11.6 Å². The normalized spacial score (nSPS) is 10.7. The second kappa shape index (κ2) is 9.11. The minimum atomic E-state index is -0.117. The van der Waals surface area contributed by atoms with Crippen molar-refractivity contribution in [3.8, 4) is 17.1 Å². The number of thioether (sulfide) groups is 1. The van der Waals surface area contributed by atoms with Crippen LogP contribution in [-0.2, 0) is 4.79 Å². The topological polar surface area (TPSA) is 72.7 Å². The van der Waals surface area contributed by atoms with E-state index in [0.29, 0.717) is 16.0 Å². The number of amides is 1.